The average Bonchev–Trinajstić information content (AvgIpc) is 2.49. The van der Waals surface area contributed by atoms with E-state index in [0.717, 1.165) is 44.9 Å². The van der Waals surface area contributed by atoms with E-state index >= 15 is 0 Å². The summed E-state index contributed by atoms with van der Waals surface area (Å²) in [5.41, 5.74) is 0. The summed E-state index contributed by atoms with van der Waals surface area (Å²) in [6, 6.07) is -0.865. The second-order valence-corrected chi connectivity index (χ2v) is 5.99. The molecule has 1 N–H and O–H groups in total. The molecule has 0 rings (SSSR count). The molecule has 0 heterocycles. The number of rotatable bonds is 13. The predicted octanol–water partition coefficient (Wildman–Crippen LogP) is 4.72. The Hall–Kier alpha value is -1.08. The lowest BCUT2D eigenvalue weighted by atomic mass is 10.0. The van der Waals surface area contributed by atoms with Crippen LogP contribution < -0.4 is 0 Å². The fourth-order valence-electron chi connectivity index (χ4n) is 2.44. The molecule has 4 nitrogen and oxygen atoms in total. The predicted molar refractivity (Wildman–Crippen MR) is 91.3 cm³/mol. The molecule has 0 amide bonds. The summed E-state index contributed by atoms with van der Waals surface area (Å²) >= 11 is 0. The molecule has 0 saturated heterocycles. The molecule has 0 aromatic heterocycles. The quantitative estimate of drug-likeness (QED) is 0.232. The number of unbranched alkanes of at least 4 members (excludes halogenated alkanes) is 8. The lowest BCUT2D eigenvalue weighted by molar-refractivity contribution is -0.535. The van der Waals surface area contributed by atoms with Crippen molar-refractivity contribution in [2.75, 3.05) is 0 Å². The van der Waals surface area contributed by atoms with Crippen LogP contribution in [0.5, 0.6) is 0 Å². The maximum atomic E-state index is 11.1. The number of aliphatic hydroxyl groups is 1. The Kier molecular flexibility index (Phi) is 14.1. The summed E-state index contributed by atoms with van der Waals surface area (Å²) in [7, 11) is 0. The van der Waals surface area contributed by atoms with Crippen molar-refractivity contribution in [2.45, 2.75) is 103 Å². The van der Waals surface area contributed by atoms with E-state index in [4.69, 9.17) is 0 Å². The number of hydrogen-bond donors (Lipinski definition) is 1. The van der Waals surface area contributed by atoms with Crippen molar-refractivity contribution in [3.05, 3.63) is 10.1 Å². The first-order valence-corrected chi connectivity index (χ1v) is 8.90. The van der Waals surface area contributed by atoms with Gasteiger partial charge in [0.2, 0.25) is 6.04 Å². The molecule has 0 aliphatic rings. The van der Waals surface area contributed by atoms with Crippen molar-refractivity contribution >= 4 is 0 Å². The highest BCUT2D eigenvalue weighted by Crippen LogP contribution is 2.14. The highest BCUT2D eigenvalue weighted by atomic mass is 16.6. The first-order chi connectivity index (χ1) is 10.6. The molecular weight excluding hydrogens is 278 g/mol. The minimum atomic E-state index is -0.940. The van der Waals surface area contributed by atoms with Gasteiger partial charge in [-0.25, -0.2) is 0 Å². The molecule has 0 fully saturated rings. The van der Waals surface area contributed by atoms with Crippen molar-refractivity contribution in [3.8, 4) is 11.8 Å². The average molecular weight is 311 g/mol. The second-order valence-electron chi connectivity index (χ2n) is 5.99. The van der Waals surface area contributed by atoms with Gasteiger partial charge in [0.05, 0.1) is 0 Å². The monoisotopic (exact) mass is 311 g/mol. The molecule has 0 spiro atoms. The molecule has 0 aliphatic heterocycles. The van der Waals surface area contributed by atoms with Crippen LogP contribution >= 0.6 is 0 Å². The van der Waals surface area contributed by atoms with E-state index in [2.05, 4.69) is 25.7 Å². The highest BCUT2D eigenvalue weighted by Gasteiger charge is 2.28. The zero-order valence-corrected chi connectivity index (χ0v) is 14.4. The maximum Gasteiger partial charge on any atom is 0.239 e. The summed E-state index contributed by atoms with van der Waals surface area (Å²) in [5, 5.41) is 21.1. The van der Waals surface area contributed by atoms with Gasteiger partial charge in [-0.2, -0.15) is 0 Å². The molecule has 0 bridgehead atoms. The van der Waals surface area contributed by atoms with Crippen molar-refractivity contribution in [1.82, 2.24) is 0 Å². The topological polar surface area (TPSA) is 63.4 Å². The van der Waals surface area contributed by atoms with Gasteiger partial charge in [0, 0.05) is 24.2 Å². The fraction of sp³-hybridized carbons (Fsp3) is 0.889. The summed E-state index contributed by atoms with van der Waals surface area (Å²) < 4.78 is 0. The van der Waals surface area contributed by atoms with Gasteiger partial charge in [-0.15, -0.1) is 11.8 Å². The van der Waals surface area contributed by atoms with Crippen LogP contribution in [0.1, 0.15) is 90.9 Å². The number of nitro groups is 1. The minimum Gasteiger partial charge on any atom is -0.385 e. The van der Waals surface area contributed by atoms with Gasteiger partial charge in [0.15, 0.2) is 0 Å². The third kappa shape index (κ3) is 11.6. The van der Waals surface area contributed by atoms with Crippen molar-refractivity contribution in [1.29, 1.82) is 0 Å². The zero-order chi connectivity index (χ0) is 16.6. The van der Waals surface area contributed by atoms with Crippen LogP contribution in [0, 0.1) is 22.0 Å². The largest absolute Gasteiger partial charge is 0.385 e. The van der Waals surface area contributed by atoms with Crippen LogP contribution in [0.3, 0.4) is 0 Å². The zero-order valence-electron chi connectivity index (χ0n) is 14.4. The van der Waals surface area contributed by atoms with Crippen LogP contribution in [-0.2, 0) is 0 Å². The second kappa shape index (κ2) is 14.8. The van der Waals surface area contributed by atoms with E-state index in [1.165, 1.54) is 19.3 Å². The summed E-state index contributed by atoms with van der Waals surface area (Å²) in [6.07, 6.45) is 10.5. The van der Waals surface area contributed by atoms with Gasteiger partial charge in [0.1, 0.15) is 6.10 Å². The lowest BCUT2D eigenvalue weighted by Gasteiger charge is -2.13. The van der Waals surface area contributed by atoms with Crippen molar-refractivity contribution in [2.24, 2.45) is 0 Å². The maximum absolute atomic E-state index is 11.1. The van der Waals surface area contributed by atoms with Crippen molar-refractivity contribution < 1.29 is 10.0 Å². The van der Waals surface area contributed by atoms with E-state index in [1.807, 2.05) is 0 Å². The van der Waals surface area contributed by atoms with E-state index in [0.29, 0.717) is 6.42 Å². The van der Waals surface area contributed by atoms with E-state index in [9.17, 15) is 15.2 Å². The number of nitrogens with zero attached hydrogens (tertiary/aromatic N) is 1. The lowest BCUT2D eigenvalue weighted by Crippen LogP contribution is -2.33. The molecule has 22 heavy (non-hydrogen) atoms. The van der Waals surface area contributed by atoms with Gasteiger partial charge < -0.3 is 5.11 Å². The first kappa shape index (κ1) is 20.9. The fourth-order valence-corrected chi connectivity index (χ4v) is 2.44. The molecule has 0 aromatic rings. The molecule has 0 radical (unpaired) electrons. The normalized spacial score (nSPS) is 13.2. The van der Waals surface area contributed by atoms with Gasteiger partial charge in [-0.3, -0.25) is 10.1 Å². The summed E-state index contributed by atoms with van der Waals surface area (Å²) in [6.45, 7) is 4.31. The standard InChI is InChI=1S/C18H33NO3/c1-3-5-7-9-11-13-15-17(19(21)22)18(20)16-14-12-10-8-6-4-2/h17-18,20H,3-11,13,15-16H2,1-2H3. The Bertz CT molecular complexity index is 333. The van der Waals surface area contributed by atoms with Gasteiger partial charge >= 0.3 is 0 Å². The third-order valence-electron chi connectivity index (χ3n) is 3.91. The molecule has 0 aromatic carbocycles. The Morgan fingerprint density at radius 1 is 0.955 bits per heavy atom. The van der Waals surface area contributed by atoms with Crippen LogP contribution in [0.15, 0.2) is 0 Å². The van der Waals surface area contributed by atoms with Crippen LogP contribution in [0.4, 0.5) is 0 Å². The highest BCUT2D eigenvalue weighted by molar-refractivity contribution is 5.00. The summed E-state index contributed by atoms with van der Waals surface area (Å²) in [5.74, 6) is 5.90. The van der Waals surface area contributed by atoms with E-state index in [-0.39, 0.29) is 11.3 Å². The molecule has 2 unspecified atom stereocenters. The Morgan fingerprint density at radius 2 is 1.55 bits per heavy atom. The number of aliphatic hydroxyl groups excluding tert-OH is 1. The SMILES string of the molecule is CCCCCC#CCC(O)C(CCCCCCCC)[N+](=O)[O-]. The molecule has 2 atom stereocenters. The van der Waals surface area contributed by atoms with Crippen LogP contribution in [0.25, 0.3) is 0 Å². The Morgan fingerprint density at radius 3 is 2.18 bits per heavy atom. The molecule has 0 aliphatic carbocycles. The Labute approximate surface area is 135 Å². The molecular formula is C18H33NO3. The van der Waals surface area contributed by atoms with E-state index < -0.39 is 12.1 Å². The van der Waals surface area contributed by atoms with E-state index in [1.54, 1.807) is 0 Å². The molecule has 0 saturated carbocycles. The number of hydrogen-bond acceptors (Lipinski definition) is 3. The van der Waals surface area contributed by atoms with Crippen LogP contribution in [-0.4, -0.2) is 22.2 Å². The van der Waals surface area contributed by atoms with Crippen molar-refractivity contribution in [3.63, 3.8) is 0 Å². The Balaban J connectivity index is 3.96. The third-order valence-corrected chi connectivity index (χ3v) is 3.91. The first-order valence-electron chi connectivity index (χ1n) is 8.90. The molecule has 128 valence electrons. The van der Waals surface area contributed by atoms with Crippen LogP contribution in [0.2, 0.25) is 0 Å². The van der Waals surface area contributed by atoms with Gasteiger partial charge in [-0.05, 0) is 12.8 Å². The summed E-state index contributed by atoms with van der Waals surface area (Å²) in [4.78, 5) is 10.7. The molecule has 4 heteroatoms. The minimum absolute atomic E-state index is 0.216. The van der Waals surface area contributed by atoms with Gasteiger partial charge in [-0.1, -0.05) is 58.8 Å². The smallest absolute Gasteiger partial charge is 0.239 e. The van der Waals surface area contributed by atoms with Gasteiger partial charge in [0.25, 0.3) is 0 Å².